The summed E-state index contributed by atoms with van der Waals surface area (Å²) >= 11 is 0. The van der Waals surface area contributed by atoms with Gasteiger partial charge in [0.25, 0.3) is 0 Å². The normalized spacial score (nSPS) is 12.9. The number of rotatable bonds is 12. The lowest BCUT2D eigenvalue weighted by Crippen LogP contribution is -2.32. The number of carboxylic acids is 1. The van der Waals surface area contributed by atoms with Crippen LogP contribution in [0.25, 0.3) is 0 Å². The second-order valence-corrected chi connectivity index (χ2v) is 9.27. The van der Waals surface area contributed by atoms with Crippen LogP contribution in [0.4, 0.5) is 8.78 Å². The highest BCUT2D eigenvalue weighted by Gasteiger charge is 2.28. The van der Waals surface area contributed by atoms with Crippen molar-refractivity contribution in [1.29, 1.82) is 0 Å². The van der Waals surface area contributed by atoms with Crippen LogP contribution < -0.4 is 4.74 Å². The van der Waals surface area contributed by atoms with Crippen molar-refractivity contribution in [3.8, 4) is 5.75 Å². The molecule has 0 aliphatic carbocycles. The highest BCUT2D eigenvalue weighted by atomic mass is 19.3. The van der Waals surface area contributed by atoms with Crippen LogP contribution in [0.2, 0.25) is 0 Å². The lowest BCUT2D eigenvalue weighted by Gasteiger charge is -2.37. The topological polar surface area (TPSA) is 49.8 Å². The molecule has 0 aliphatic heterocycles. The number of hydrogen-bond donors (Lipinski definition) is 1. The fourth-order valence-electron chi connectivity index (χ4n) is 4.82. The molecule has 196 valence electrons. The van der Waals surface area contributed by atoms with Crippen molar-refractivity contribution >= 4 is 5.97 Å². The second-order valence-electron chi connectivity index (χ2n) is 9.27. The average Bonchev–Trinajstić information content (AvgIpc) is 2.92. The summed E-state index contributed by atoms with van der Waals surface area (Å²) in [6.45, 7) is -0.257. The van der Waals surface area contributed by atoms with Crippen LogP contribution in [-0.2, 0) is 17.8 Å². The number of hydrogen-bond acceptors (Lipinski definition) is 3. The van der Waals surface area contributed by atoms with Gasteiger partial charge in [0.05, 0.1) is 6.42 Å². The Morgan fingerprint density at radius 2 is 1.42 bits per heavy atom. The molecular formula is C32H31F2NO3. The van der Waals surface area contributed by atoms with Gasteiger partial charge in [-0.05, 0) is 40.8 Å². The molecule has 0 unspecified atom stereocenters. The first-order valence-corrected chi connectivity index (χ1v) is 12.6. The van der Waals surface area contributed by atoms with Crippen LogP contribution in [0.15, 0.2) is 109 Å². The van der Waals surface area contributed by atoms with E-state index in [0.29, 0.717) is 18.5 Å². The zero-order chi connectivity index (χ0) is 26.9. The lowest BCUT2D eigenvalue weighted by molar-refractivity contribution is -0.138. The molecule has 4 nitrogen and oxygen atoms in total. The van der Waals surface area contributed by atoms with Gasteiger partial charge in [-0.15, -0.1) is 0 Å². The van der Waals surface area contributed by atoms with Crippen LogP contribution >= 0.6 is 0 Å². The van der Waals surface area contributed by atoms with Crippen LogP contribution in [0.3, 0.4) is 0 Å². The number of para-hydroxylation sites is 1. The number of ether oxygens (including phenoxy) is 1. The Morgan fingerprint density at radius 3 is 2.11 bits per heavy atom. The Kier molecular flexibility index (Phi) is 9.22. The van der Waals surface area contributed by atoms with Gasteiger partial charge in [-0.3, -0.25) is 9.69 Å². The van der Waals surface area contributed by atoms with Crippen LogP contribution in [0.1, 0.15) is 53.2 Å². The quantitative estimate of drug-likeness (QED) is 0.210. The molecule has 0 aliphatic rings. The third kappa shape index (κ3) is 7.26. The van der Waals surface area contributed by atoms with Gasteiger partial charge in [0.1, 0.15) is 5.75 Å². The van der Waals surface area contributed by atoms with E-state index in [2.05, 4.69) is 24.0 Å². The van der Waals surface area contributed by atoms with E-state index in [9.17, 15) is 18.7 Å². The van der Waals surface area contributed by atoms with Crippen molar-refractivity contribution in [2.24, 2.45) is 0 Å². The molecule has 0 fully saturated rings. The first-order valence-electron chi connectivity index (χ1n) is 12.6. The third-order valence-corrected chi connectivity index (χ3v) is 6.67. The maximum absolute atomic E-state index is 12.9. The fraction of sp³-hybridized carbons (Fsp3) is 0.219. The number of carboxylic acid groups (broad SMARTS) is 1. The van der Waals surface area contributed by atoms with Gasteiger partial charge >= 0.3 is 12.6 Å². The summed E-state index contributed by atoms with van der Waals surface area (Å²) in [5.41, 5.74) is 4.55. The molecule has 0 saturated heterocycles. The van der Waals surface area contributed by atoms with E-state index in [1.807, 2.05) is 72.8 Å². The first-order chi connectivity index (χ1) is 18.4. The zero-order valence-corrected chi connectivity index (χ0v) is 21.2. The number of benzene rings is 4. The van der Waals surface area contributed by atoms with Crippen molar-refractivity contribution in [3.05, 3.63) is 137 Å². The molecule has 6 heteroatoms. The van der Waals surface area contributed by atoms with Crippen molar-refractivity contribution in [1.82, 2.24) is 4.90 Å². The molecule has 0 amide bonds. The van der Waals surface area contributed by atoms with Crippen molar-refractivity contribution < 1.29 is 23.4 Å². The molecule has 0 aromatic heterocycles. The number of alkyl halides is 2. The minimum atomic E-state index is -2.91. The zero-order valence-electron chi connectivity index (χ0n) is 21.2. The van der Waals surface area contributed by atoms with Crippen molar-refractivity contribution in [2.75, 3.05) is 0 Å². The molecule has 4 rings (SSSR count). The van der Waals surface area contributed by atoms with E-state index in [-0.39, 0.29) is 18.2 Å². The third-order valence-electron chi connectivity index (χ3n) is 6.67. The summed E-state index contributed by atoms with van der Waals surface area (Å²) in [5.74, 6) is -0.757. The summed E-state index contributed by atoms with van der Waals surface area (Å²) in [5, 5.41) is 9.92. The molecule has 2 atom stereocenters. The summed E-state index contributed by atoms with van der Waals surface area (Å²) in [7, 11) is 0. The predicted octanol–water partition coefficient (Wildman–Crippen LogP) is 7.66. The lowest BCUT2D eigenvalue weighted by atomic mass is 9.94. The summed E-state index contributed by atoms with van der Waals surface area (Å²) in [6.07, 6.45) is 0.294. The van der Waals surface area contributed by atoms with Gasteiger partial charge in [-0.25, -0.2) is 0 Å². The van der Waals surface area contributed by atoms with Gasteiger partial charge < -0.3 is 9.84 Å². The van der Waals surface area contributed by atoms with Crippen molar-refractivity contribution in [3.63, 3.8) is 0 Å². The van der Waals surface area contributed by atoms with Gasteiger partial charge in [-0.2, -0.15) is 8.78 Å². The van der Waals surface area contributed by atoms with E-state index in [4.69, 9.17) is 4.74 Å². The number of halogens is 2. The molecule has 0 bridgehead atoms. The summed E-state index contributed by atoms with van der Waals surface area (Å²) in [6, 6.07) is 34.0. The van der Waals surface area contributed by atoms with Crippen LogP contribution in [-0.4, -0.2) is 22.6 Å². The first kappa shape index (κ1) is 27.0. The highest BCUT2D eigenvalue weighted by molar-refractivity contribution is 5.68. The highest BCUT2D eigenvalue weighted by Crippen LogP contribution is 2.35. The smallest absolute Gasteiger partial charge is 0.387 e. The number of carbonyl (C=O) groups is 1. The van der Waals surface area contributed by atoms with E-state index >= 15 is 0 Å². The molecular weight excluding hydrogens is 484 g/mol. The Hall–Kier alpha value is -4.03. The molecule has 38 heavy (non-hydrogen) atoms. The van der Waals surface area contributed by atoms with Gasteiger partial charge in [-0.1, -0.05) is 103 Å². The average molecular weight is 516 g/mol. The minimum Gasteiger partial charge on any atom is -0.481 e. The fourth-order valence-corrected chi connectivity index (χ4v) is 4.82. The summed E-state index contributed by atoms with van der Waals surface area (Å²) < 4.78 is 30.6. The van der Waals surface area contributed by atoms with Gasteiger partial charge in [0.2, 0.25) is 0 Å². The number of nitrogens with zero attached hydrogens (tertiary/aromatic N) is 1. The molecule has 0 saturated carbocycles. The summed E-state index contributed by atoms with van der Waals surface area (Å²) in [4.78, 5) is 14.3. The molecule has 4 aromatic carbocycles. The van der Waals surface area contributed by atoms with Gasteiger partial charge in [0, 0.05) is 25.0 Å². The van der Waals surface area contributed by atoms with Crippen molar-refractivity contribution in [2.45, 2.75) is 45.0 Å². The standard InChI is InChI=1S/C32H31F2NO3/c1-23(26-14-6-3-7-15-26)35(22-24-11-4-2-5-12-24)29(21-31(36)37)27-17-10-13-25(19-27)20-28-16-8-9-18-30(28)38-32(33)34/h2-19,23,29,32H,20-22H2,1H3,(H,36,37)/t23-,29+/m1/s1. The second kappa shape index (κ2) is 13.0. The van der Waals surface area contributed by atoms with Crippen LogP contribution in [0, 0.1) is 0 Å². The maximum atomic E-state index is 12.9. The largest absolute Gasteiger partial charge is 0.481 e. The van der Waals surface area contributed by atoms with E-state index < -0.39 is 18.6 Å². The van der Waals surface area contributed by atoms with Crippen LogP contribution in [0.5, 0.6) is 5.75 Å². The molecule has 4 aromatic rings. The van der Waals surface area contributed by atoms with E-state index in [0.717, 1.165) is 22.3 Å². The number of aliphatic carboxylic acids is 1. The molecule has 0 spiro atoms. The monoisotopic (exact) mass is 515 g/mol. The molecule has 1 N–H and O–H groups in total. The molecule has 0 radical (unpaired) electrons. The Labute approximate surface area is 222 Å². The minimum absolute atomic E-state index is 0.0652. The predicted molar refractivity (Wildman–Crippen MR) is 144 cm³/mol. The Morgan fingerprint density at radius 1 is 0.816 bits per heavy atom. The van der Waals surface area contributed by atoms with Gasteiger partial charge in [0.15, 0.2) is 0 Å². The molecule has 0 heterocycles. The Bertz CT molecular complexity index is 1310. The SMILES string of the molecule is C[C@H](c1ccccc1)N(Cc1ccccc1)[C@@H](CC(=O)O)c1cccc(Cc2ccccc2OC(F)F)c1. The van der Waals surface area contributed by atoms with E-state index in [1.165, 1.54) is 6.07 Å². The maximum Gasteiger partial charge on any atom is 0.387 e. The van der Waals surface area contributed by atoms with E-state index in [1.54, 1.807) is 18.2 Å². The Balaban J connectivity index is 1.71.